The van der Waals surface area contributed by atoms with E-state index in [0.717, 1.165) is 38.5 Å². The molecule has 0 bridgehead atoms. The van der Waals surface area contributed by atoms with Crippen molar-refractivity contribution in [2.75, 3.05) is 39.5 Å². The topological polar surface area (TPSA) is 60.1 Å². The minimum atomic E-state index is 0.613. The van der Waals surface area contributed by atoms with Crippen LogP contribution in [-0.4, -0.2) is 50.3 Å². The van der Waals surface area contributed by atoms with Crippen molar-refractivity contribution >= 4 is 5.96 Å². The summed E-state index contributed by atoms with van der Waals surface area (Å²) in [5.41, 5.74) is 7.17. The van der Waals surface area contributed by atoms with Gasteiger partial charge in [-0.3, -0.25) is 4.99 Å². The van der Waals surface area contributed by atoms with Crippen molar-refractivity contribution in [2.45, 2.75) is 13.3 Å². The number of benzene rings is 1. The summed E-state index contributed by atoms with van der Waals surface area (Å²) in [5.74, 6) is 1.55. The van der Waals surface area contributed by atoms with Gasteiger partial charge in [0.05, 0.1) is 19.8 Å². The number of nitrogens with two attached hydrogens (primary N) is 1. The molecule has 0 unspecified atom stereocenters. The predicted octanol–water partition coefficient (Wildman–Crippen LogP) is 1.27. The summed E-state index contributed by atoms with van der Waals surface area (Å²) in [7, 11) is 0. The van der Waals surface area contributed by atoms with E-state index in [1.807, 2.05) is 25.1 Å². The first-order valence-electron chi connectivity index (χ1n) is 7.14. The summed E-state index contributed by atoms with van der Waals surface area (Å²) >= 11 is 0. The van der Waals surface area contributed by atoms with Gasteiger partial charge >= 0.3 is 0 Å². The quantitative estimate of drug-likeness (QED) is 0.650. The van der Waals surface area contributed by atoms with Crippen LogP contribution in [0.25, 0.3) is 0 Å². The third-order valence-corrected chi connectivity index (χ3v) is 3.26. The smallest absolute Gasteiger partial charge is 0.191 e. The van der Waals surface area contributed by atoms with Crippen molar-refractivity contribution in [3.05, 3.63) is 29.8 Å². The van der Waals surface area contributed by atoms with E-state index in [0.29, 0.717) is 19.1 Å². The minimum Gasteiger partial charge on any atom is -0.494 e. The maximum atomic E-state index is 6.00. The lowest BCUT2D eigenvalue weighted by Gasteiger charge is -2.27. The lowest BCUT2D eigenvalue weighted by molar-refractivity contribution is 0.0674. The van der Waals surface area contributed by atoms with Crippen LogP contribution in [0, 0.1) is 0 Å². The van der Waals surface area contributed by atoms with E-state index >= 15 is 0 Å². The Hall–Kier alpha value is -1.75. The molecule has 0 atom stereocenters. The Morgan fingerprint density at radius 2 is 2.10 bits per heavy atom. The first kappa shape index (κ1) is 14.7. The van der Waals surface area contributed by atoms with E-state index in [4.69, 9.17) is 15.2 Å². The number of rotatable bonds is 5. The number of aliphatic imine (C=N–C) groups is 1. The second-order valence-electron chi connectivity index (χ2n) is 4.63. The molecule has 2 N–H and O–H groups in total. The van der Waals surface area contributed by atoms with Crippen LogP contribution < -0.4 is 10.5 Å². The third kappa shape index (κ3) is 4.13. The number of hydrogen-bond acceptors (Lipinski definition) is 3. The molecule has 1 fully saturated rings. The van der Waals surface area contributed by atoms with Crippen LogP contribution in [-0.2, 0) is 11.2 Å². The Kier molecular flexibility index (Phi) is 5.68. The van der Waals surface area contributed by atoms with Gasteiger partial charge in [-0.15, -0.1) is 0 Å². The van der Waals surface area contributed by atoms with Gasteiger partial charge in [0.25, 0.3) is 0 Å². The summed E-state index contributed by atoms with van der Waals surface area (Å²) in [5, 5.41) is 0. The molecular formula is C15H23N3O2. The molecule has 0 aromatic heterocycles. The van der Waals surface area contributed by atoms with Crippen molar-refractivity contribution in [3.8, 4) is 5.75 Å². The zero-order chi connectivity index (χ0) is 14.2. The molecule has 1 heterocycles. The van der Waals surface area contributed by atoms with Gasteiger partial charge in [0.15, 0.2) is 5.96 Å². The summed E-state index contributed by atoms with van der Waals surface area (Å²) in [6.45, 7) is 6.44. The number of nitrogens with zero attached hydrogens (tertiary/aromatic N) is 2. The molecule has 5 heteroatoms. The Morgan fingerprint density at radius 3 is 2.85 bits per heavy atom. The fraction of sp³-hybridized carbons (Fsp3) is 0.533. The lowest BCUT2D eigenvalue weighted by Crippen LogP contribution is -2.44. The largest absolute Gasteiger partial charge is 0.494 e. The average molecular weight is 277 g/mol. The Balaban J connectivity index is 1.88. The van der Waals surface area contributed by atoms with Crippen molar-refractivity contribution < 1.29 is 9.47 Å². The number of ether oxygens (including phenoxy) is 2. The van der Waals surface area contributed by atoms with Crippen LogP contribution in [0.5, 0.6) is 5.75 Å². The van der Waals surface area contributed by atoms with Gasteiger partial charge in [-0.25, -0.2) is 0 Å². The van der Waals surface area contributed by atoms with E-state index < -0.39 is 0 Å². The molecule has 1 saturated heterocycles. The average Bonchev–Trinajstić information content (AvgIpc) is 2.50. The highest BCUT2D eigenvalue weighted by Gasteiger charge is 2.11. The van der Waals surface area contributed by atoms with Crippen LogP contribution in [0.15, 0.2) is 29.3 Å². The van der Waals surface area contributed by atoms with E-state index in [1.54, 1.807) is 0 Å². The Morgan fingerprint density at radius 1 is 1.35 bits per heavy atom. The van der Waals surface area contributed by atoms with Crippen molar-refractivity contribution in [1.29, 1.82) is 0 Å². The van der Waals surface area contributed by atoms with Gasteiger partial charge in [-0.05, 0) is 25.0 Å². The highest BCUT2D eigenvalue weighted by Crippen LogP contribution is 2.18. The summed E-state index contributed by atoms with van der Waals surface area (Å²) in [6, 6.07) is 8.08. The highest BCUT2D eigenvalue weighted by molar-refractivity contribution is 5.78. The van der Waals surface area contributed by atoms with Gasteiger partial charge < -0.3 is 20.1 Å². The van der Waals surface area contributed by atoms with Crippen molar-refractivity contribution in [3.63, 3.8) is 0 Å². The molecule has 110 valence electrons. The van der Waals surface area contributed by atoms with Gasteiger partial charge in [0.1, 0.15) is 5.75 Å². The number of para-hydroxylation sites is 1. The molecule has 5 nitrogen and oxygen atoms in total. The number of guanidine groups is 1. The Labute approximate surface area is 120 Å². The molecule has 0 saturated carbocycles. The van der Waals surface area contributed by atoms with Gasteiger partial charge in [-0.1, -0.05) is 18.2 Å². The molecule has 20 heavy (non-hydrogen) atoms. The molecular weight excluding hydrogens is 254 g/mol. The molecule has 1 aromatic carbocycles. The molecule has 0 amide bonds. The standard InChI is InChI=1S/C15H23N3O2/c1-2-20-14-6-4-3-5-13(14)7-8-17-15(16)18-9-11-19-12-10-18/h3-6H,2,7-12H2,1H3,(H2,16,17). The molecule has 1 aliphatic rings. The second-order valence-corrected chi connectivity index (χ2v) is 4.63. The number of morpholine rings is 1. The fourth-order valence-electron chi connectivity index (χ4n) is 2.19. The molecule has 0 spiro atoms. The summed E-state index contributed by atoms with van der Waals surface area (Å²) < 4.78 is 10.9. The highest BCUT2D eigenvalue weighted by atomic mass is 16.5. The van der Waals surface area contributed by atoms with Crippen LogP contribution in [0.2, 0.25) is 0 Å². The summed E-state index contributed by atoms with van der Waals surface area (Å²) in [6.07, 6.45) is 0.835. The maximum absolute atomic E-state index is 6.00. The first-order valence-corrected chi connectivity index (χ1v) is 7.14. The molecule has 0 radical (unpaired) electrons. The molecule has 1 aromatic rings. The normalized spacial score (nSPS) is 16.2. The van der Waals surface area contributed by atoms with Gasteiger partial charge in [0, 0.05) is 19.6 Å². The van der Waals surface area contributed by atoms with Gasteiger partial charge in [0.2, 0.25) is 0 Å². The fourth-order valence-corrected chi connectivity index (χ4v) is 2.19. The first-order chi connectivity index (χ1) is 9.81. The lowest BCUT2D eigenvalue weighted by atomic mass is 10.1. The van der Waals surface area contributed by atoms with Crippen molar-refractivity contribution in [1.82, 2.24) is 4.90 Å². The van der Waals surface area contributed by atoms with E-state index in [1.165, 1.54) is 5.56 Å². The SMILES string of the molecule is CCOc1ccccc1CCN=C(N)N1CCOCC1. The number of hydrogen-bond donors (Lipinski definition) is 1. The maximum Gasteiger partial charge on any atom is 0.191 e. The zero-order valence-electron chi connectivity index (χ0n) is 12.0. The van der Waals surface area contributed by atoms with Gasteiger partial charge in [-0.2, -0.15) is 0 Å². The van der Waals surface area contributed by atoms with Crippen molar-refractivity contribution in [2.24, 2.45) is 10.7 Å². The molecule has 1 aliphatic heterocycles. The second kappa shape index (κ2) is 7.75. The molecule has 0 aliphatic carbocycles. The minimum absolute atomic E-state index is 0.613. The summed E-state index contributed by atoms with van der Waals surface area (Å²) in [4.78, 5) is 6.52. The van der Waals surface area contributed by atoms with Crippen LogP contribution >= 0.6 is 0 Å². The zero-order valence-corrected chi connectivity index (χ0v) is 12.0. The van der Waals surface area contributed by atoms with E-state index in [2.05, 4.69) is 16.0 Å². The third-order valence-electron chi connectivity index (χ3n) is 3.26. The van der Waals surface area contributed by atoms with E-state index in [9.17, 15) is 0 Å². The van der Waals surface area contributed by atoms with Crippen LogP contribution in [0.4, 0.5) is 0 Å². The molecule has 2 rings (SSSR count). The van der Waals surface area contributed by atoms with Crippen LogP contribution in [0.1, 0.15) is 12.5 Å². The Bertz CT molecular complexity index is 442. The predicted molar refractivity (Wildman–Crippen MR) is 80.2 cm³/mol. The van der Waals surface area contributed by atoms with E-state index in [-0.39, 0.29) is 0 Å². The monoisotopic (exact) mass is 277 g/mol. The van der Waals surface area contributed by atoms with Crippen LogP contribution in [0.3, 0.4) is 0 Å².